The van der Waals surface area contributed by atoms with Crippen molar-refractivity contribution < 1.29 is 5.11 Å². The van der Waals surface area contributed by atoms with E-state index >= 15 is 0 Å². The van der Waals surface area contributed by atoms with Gasteiger partial charge in [-0.2, -0.15) is 0 Å². The molecule has 0 saturated carbocycles. The molecule has 28 heavy (non-hydrogen) atoms. The van der Waals surface area contributed by atoms with Crippen LogP contribution in [-0.4, -0.2) is 47.2 Å². The summed E-state index contributed by atoms with van der Waals surface area (Å²) >= 11 is 0. The van der Waals surface area contributed by atoms with E-state index in [0.717, 1.165) is 18.7 Å². The second kappa shape index (κ2) is 9.39. The summed E-state index contributed by atoms with van der Waals surface area (Å²) < 4.78 is 0. The highest BCUT2D eigenvalue weighted by Crippen LogP contribution is 2.25. The number of hydrogen-bond donors (Lipinski definition) is 1. The highest BCUT2D eigenvalue weighted by Gasteiger charge is 2.27. The van der Waals surface area contributed by atoms with Gasteiger partial charge in [-0.05, 0) is 54.6 Å². The van der Waals surface area contributed by atoms with E-state index in [2.05, 4.69) is 70.2 Å². The zero-order valence-electron chi connectivity index (χ0n) is 16.6. The summed E-state index contributed by atoms with van der Waals surface area (Å²) in [6.45, 7) is 5.81. The predicted octanol–water partition coefficient (Wildman–Crippen LogP) is 3.44. The number of fused-ring (bicyclic) bond motifs is 1. The highest BCUT2D eigenvalue weighted by molar-refractivity contribution is 5.36. The molecule has 0 spiro atoms. The minimum atomic E-state index is 0.129. The van der Waals surface area contributed by atoms with Crippen LogP contribution in [-0.2, 0) is 19.5 Å². The predicted molar refractivity (Wildman–Crippen MR) is 114 cm³/mol. The largest absolute Gasteiger partial charge is 0.395 e. The molecule has 2 aliphatic rings. The van der Waals surface area contributed by atoms with Crippen LogP contribution in [0.5, 0.6) is 0 Å². The summed E-state index contributed by atoms with van der Waals surface area (Å²) in [4.78, 5) is 5.31. The van der Waals surface area contributed by atoms with Crippen LogP contribution < -0.4 is 0 Å². The Kier molecular flexibility index (Phi) is 6.44. The molecule has 0 aliphatic carbocycles. The van der Waals surface area contributed by atoms with Gasteiger partial charge in [0.15, 0.2) is 0 Å². The van der Waals surface area contributed by atoms with Gasteiger partial charge in [-0.1, -0.05) is 48.2 Å². The zero-order chi connectivity index (χ0) is 19.2. The molecule has 1 N–H and O–H groups in total. The van der Waals surface area contributed by atoms with Crippen LogP contribution in [0.25, 0.3) is 0 Å². The maximum absolute atomic E-state index is 8.82. The van der Waals surface area contributed by atoms with E-state index in [9.17, 15) is 0 Å². The smallest absolute Gasteiger partial charge is 0.0540 e. The molecule has 0 aromatic heterocycles. The van der Waals surface area contributed by atoms with Gasteiger partial charge in [0.2, 0.25) is 0 Å². The molecule has 0 amide bonds. The highest BCUT2D eigenvalue weighted by atomic mass is 16.2. The molecular weight excluding hydrogens is 344 g/mol. The lowest BCUT2D eigenvalue weighted by atomic mass is 9.96. The van der Waals surface area contributed by atoms with Crippen molar-refractivity contribution in [1.82, 2.24) is 9.80 Å². The summed E-state index contributed by atoms with van der Waals surface area (Å²) in [5, 5.41) is 8.82. The summed E-state index contributed by atoms with van der Waals surface area (Å²) in [5.74, 6) is 6.09. The Bertz CT molecular complexity index is 834. The van der Waals surface area contributed by atoms with Gasteiger partial charge < -0.3 is 5.11 Å². The van der Waals surface area contributed by atoms with Gasteiger partial charge in [-0.15, -0.1) is 0 Å². The Hall–Kier alpha value is -2.12. The van der Waals surface area contributed by atoms with Gasteiger partial charge in [0.25, 0.3) is 0 Å². The summed E-state index contributed by atoms with van der Waals surface area (Å²) in [7, 11) is 0. The third-order valence-electron chi connectivity index (χ3n) is 5.99. The van der Waals surface area contributed by atoms with Crippen molar-refractivity contribution in [3.05, 3.63) is 70.8 Å². The number of piperidine rings is 1. The van der Waals surface area contributed by atoms with Gasteiger partial charge in [0, 0.05) is 44.2 Å². The number of hydrogen-bond acceptors (Lipinski definition) is 3. The molecule has 2 aliphatic heterocycles. The molecule has 0 radical (unpaired) electrons. The molecule has 1 atom stereocenters. The van der Waals surface area contributed by atoms with Crippen molar-refractivity contribution in [2.45, 2.75) is 44.8 Å². The topological polar surface area (TPSA) is 26.7 Å². The first-order chi connectivity index (χ1) is 13.8. The normalized spacial score (nSPS) is 20.2. The molecule has 0 bridgehead atoms. The van der Waals surface area contributed by atoms with Gasteiger partial charge in [-0.25, -0.2) is 0 Å². The van der Waals surface area contributed by atoms with Crippen LogP contribution in [0.2, 0.25) is 0 Å². The van der Waals surface area contributed by atoms with Crippen LogP contribution in [0.15, 0.2) is 48.5 Å². The van der Waals surface area contributed by atoms with Crippen LogP contribution in [0, 0.1) is 11.8 Å². The molecular formula is C25H30N2O. The maximum Gasteiger partial charge on any atom is 0.0540 e. The second-order valence-electron chi connectivity index (χ2n) is 7.99. The number of likely N-dealkylation sites (tertiary alicyclic amines) is 1. The van der Waals surface area contributed by atoms with Crippen LogP contribution in [0.3, 0.4) is 0 Å². The fourth-order valence-corrected chi connectivity index (χ4v) is 4.47. The summed E-state index contributed by atoms with van der Waals surface area (Å²) in [6.07, 6.45) is 4.33. The maximum atomic E-state index is 8.82. The molecule has 3 heteroatoms. The first-order valence-corrected chi connectivity index (χ1v) is 10.5. The number of aliphatic hydroxyl groups is 1. The van der Waals surface area contributed by atoms with Crippen LogP contribution >= 0.6 is 0 Å². The molecule has 1 saturated heterocycles. The summed E-state index contributed by atoms with van der Waals surface area (Å²) in [5.41, 5.74) is 5.44. The van der Waals surface area contributed by atoms with E-state index in [1.807, 2.05) is 0 Å². The average molecular weight is 375 g/mol. The van der Waals surface area contributed by atoms with E-state index in [1.165, 1.54) is 55.6 Å². The van der Waals surface area contributed by atoms with Crippen molar-refractivity contribution in [3.8, 4) is 11.8 Å². The number of aliphatic hydroxyl groups excluding tert-OH is 1. The fraction of sp³-hybridized carbons (Fsp3) is 0.440. The number of nitrogens with zero attached hydrogens (tertiary/aromatic N) is 2. The molecule has 2 heterocycles. The Morgan fingerprint density at radius 3 is 2.64 bits per heavy atom. The van der Waals surface area contributed by atoms with E-state index in [1.54, 1.807) is 0 Å². The van der Waals surface area contributed by atoms with Gasteiger partial charge in [0.1, 0.15) is 0 Å². The van der Waals surface area contributed by atoms with Crippen molar-refractivity contribution in [1.29, 1.82) is 0 Å². The molecule has 1 unspecified atom stereocenters. The summed E-state index contributed by atoms with van der Waals surface area (Å²) in [6, 6.07) is 18.2. The standard InChI is InChI=1S/C25H30N2O/c28-17-4-3-6-21-10-12-22(13-11-21)18-26-15-5-9-25(20-26)27-16-14-23-7-1-2-8-24(23)19-27/h1-2,7-8,10-13,25,28H,4-5,9,14-20H2. The Morgan fingerprint density at radius 2 is 1.82 bits per heavy atom. The van der Waals surface area contributed by atoms with Crippen molar-refractivity contribution in [2.75, 3.05) is 26.2 Å². The monoisotopic (exact) mass is 374 g/mol. The quantitative estimate of drug-likeness (QED) is 0.831. The minimum absolute atomic E-state index is 0.129. The molecule has 4 rings (SSSR count). The van der Waals surface area contributed by atoms with Crippen LogP contribution in [0.4, 0.5) is 0 Å². The molecule has 146 valence electrons. The van der Waals surface area contributed by atoms with Crippen molar-refractivity contribution in [2.24, 2.45) is 0 Å². The lowest BCUT2D eigenvalue weighted by Crippen LogP contribution is -2.49. The Balaban J connectivity index is 1.34. The zero-order valence-corrected chi connectivity index (χ0v) is 16.6. The van der Waals surface area contributed by atoms with Gasteiger partial charge >= 0.3 is 0 Å². The molecule has 2 aromatic rings. The van der Waals surface area contributed by atoms with Crippen LogP contribution in [0.1, 0.15) is 41.5 Å². The molecule has 2 aromatic carbocycles. The van der Waals surface area contributed by atoms with E-state index in [0.29, 0.717) is 12.5 Å². The average Bonchev–Trinajstić information content (AvgIpc) is 2.75. The second-order valence-corrected chi connectivity index (χ2v) is 7.99. The first-order valence-electron chi connectivity index (χ1n) is 10.5. The first kappa shape index (κ1) is 19.2. The lowest BCUT2D eigenvalue weighted by Gasteiger charge is -2.41. The SMILES string of the molecule is OCCC#Cc1ccc(CN2CCCC(N3CCc4ccccc4C3)C2)cc1. The van der Waals surface area contributed by atoms with Gasteiger partial charge in [-0.3, -0.25) is 9.80 Å². The minimum Gasteiger partial charge on any atom is -0.395 e. The number of rotatable bonds is 4. The third-order valence-corrected chi connectivity index (χ3v) is 5.99. The van der Waals surface area contributed by atoms with Crippen molar-refractivity contribution >= 4 is 0 Å². The third kappa shape index (κ3) is 4.83. The van der Waals surface area contributed by atoms with E-state index < -0.39 is 0 Å². The Morgan fingerprint density at radius 1 is 1.00 bits per heavy atom. The van der Waals surface area contributed by atoms with Crippen molar-refractivity contribution in [3.63, 3.8) is 0 Å². The molecule has 3 nitrogen and oxygen atoms in total. The van der Waals surface area contributed by atoms with Gasteiger partial charge in [0.05, 0.1) is 6.61 Å². The number of benzene rings is 2. The van der Waals surface area contributed by atoms with E-state index in [-0.39, 0.29) is 6.61 Å². The fourth-order valence-electron chi connectivity index (χ4n) is 4.47. The Labute approximate surface area is 169 Å². The van der Waals surface area contributed by atoms with E-state index in [4.69, 9.17) is 5.11 Å². The molecule has 1 fully saturated rings. The lowest BCUT2D eigenvalue weighted by molar-refractivity contribution is 0.0838.